The summed E-state index contributed by atoms with van der Waals surface area (Å²) in [5.74, 6) is -0.257. The zero-order valence-corrected chi connectivity index (χ0v) is 11.0. The normalized spacial score (nSPS) is 12.1. The first kappa shape index (κ1) is 13.5. The molecule has 1 amide bonds. The fraction of sp³-hybridized carbons (Fsp3) is 0.143. The van der Waals surface area contributed by atoms with E-state index in [4.69, 9.17) is 17.3 Å². The third-order valence-corrected chi connectivity index (χ3v) is 3.04. The molecule has 0 radical (unpaired) electrons. The fourth-order valence-corrected chi connectivity index (χ4v) is 1.97. The lowest BCUT2D eigenvalue weighted by Gasteiger charge is -2.12. The van der Waals surface area contributed by atoms with Gasteiger partial charge in [-0.15, -0.1) is 6.58 Å². The lowest BCUT2D eigenvalue weighted by molar-refractivity contribution is -0.117. The number of hydrogen-bond donors (Lipinski definition) is 2. The molecule has 4 nitrogen and oxygen atoms in total. The number of anilines is 1. The first-order valence-electron chi connectivity index (χ1n) is 5.84. The number of rotatable bonds is 4. The van der Waals surface area contributed by atoms with Gasteiger partial charge in [-0.2, -0.15) is 0 Å². The molecule has 19 heavy (non-hydrogen) atoms. The molecule has 0 saturated carbocycles. The predicted octanol–water partition coefficient (Wildman–Crippen LogP) is 2.73. The van der Waals surface area contributed by atoms with Crippen molar-refractivity contribution in [3.05, 3.63) is 48.1 Å². The molecule has 0 saturated heterocycles. The maximum atomic E-state index is 11.9. The third kappa shape index (κ3) is 2.92. The van der Waals surface area contributed by atoms with Crippen LogP contribution in [0.15, 0.2) is 43.1 Å². The Kier molecular flexibility index (Phi) is 4.14. The summed E-state index contributed by atoms with van der Waals surface area (Å²) in [4.78, 5) is 16.1. The molecular formula is C14H14ClN3O. The highest BCUT2D eigenvalue weighted by Gasteiger charge is 2.14. The smallest absolute Gasteiger partial charge is 0.241 e. The van der Waals surface area contributed by atoms with Gasteiger partial charge in [0.05, 0.1) is 22.3 Å². The van der Waals surface area contributed by atoms with Gasteiger partial charge in [0.25, 0.3) is 0 Å². The van der Waals surface area contributed by atoms with E-state index < -0.39 is 6.04 Å². The van der Waals surface area contributed by atoms with Crippen LogP contribution in [-0.4, -0.2) is 16.9 Å². The second kappa shape index (κ2) is 5.82. The molecule has 1 heterocycles. The van der Waals surface area contributed by atoms with Gasteiger partial charge in [0.2, 0.25) is 5.91 Å². The number of halogens is 1. The fourth-order valence-electron chi connectivity index (χ4n) is 1.76. The minimum atomic E-state index is -0.611. The number of carbonyl (C=O) groups is 1. The Labute approximate surface area is 116 Å². The van der Waals surface area contributed by atoms with E-state index in [2.05, 4.69) is 16.9 Å². The van der Waals surface area contributed by atoms with Crippen LogP contribution in [-0.2, 0) is 4.79 Å². The van der Waals surface area contributed by atoms with Crippen LogP contribution in [0.4, 0.5) is 5.69 Å². The quantitative estimate of drug-likeness (QED) is 0.843. The molecule has 2 aromatic rings. The maximum Gasteiger partial charge on any atom is 0.241 e. The van der Waals surface area contributed by atoms with Crippen molar-refractivity contribution in [2.24, 2.45) is 5.73 Å². The summed E-state index contributed by atoms with van der Waals surface area (Å²) in [6.45, 7) is 3.56. The second-order valence-electron chi connectivity index (χ2n) is 4.11. The highest BCUT2D eigenvalue weighted by atomic mass is 35.5. The summed E-state index contributed by atoms with van der Waals surface area (Å²) >= 11 is 6.06. The zero-order chi connectivity index (χ0) is 13.8. The Bertz CT molecular complexity index is 627. The molecule has 1 unspecified atom stereocenters. The Morgan fingerprint density at radius 1 is 1.53 bits per heavy atom. The highest BCUT2D eigenvalue weighted by molar-refractivity contribution is 6.35. The van der Waals surface area contributed by atoms with E-state index in [-0.39, 0.29) is 5.91 Å². The van der Waals surface area contributed by atoms with Gasteiger partial charge in [-0.3, -0.25) is 9.78 Å². The molecule has 1 aromatic heterocycles. The van der Waals surface area contributed by atoms with Gasteiger partial charge < -0.3 is 11.1 Å². The summed E-state index contributed by atoms with van der Waals surface area (Å²) < 4.78 is 0. The number of carbonyl (C=O) groups excluding carboxylic acids is 1. The van der Waals surface area contributed by atoms with Gasteiger partial charge in [-0.25, -0.2) is 0 Å². The van der Waals surface area contributed by atoms with Gasteiger partial charge in [-0.05, 0) is 30.7 Å². The third-order valence-electron chi connectivity index (χ3n) is 2.74. The molecule has 0 fully saturated rings. The summed E-state index contributed by atoms with van der Waals surface area (Å²) in [5, 5.41) is 4.12. The molecular weight excluding hydrogens is 262 g/mol. The van der Waals surface area contributed by atoms with Crippen LogP contribution in [0.5, 0.6) is 0 Å². The number of fused-ring (bicyclic) bond motifs is 1. The number of aromatic nitrogens is 1. The van der Waals surface area contributed by atoms with Crippen LogP contribution in [0.2, 0.25) is 5.02 Å². The van der Waals surface area contributed by atoms with E-state index >= 15 is 0 Å². The van der Waals surface area contributed by atoms with E-state index in [1.165, 1.54) is 0 Å². The molecule has 0 aliphatic heterocycles. The first-order valence-corrected chi connectivity index (χ1v) is 6.22. The molecule has 0 aliphatic rings. The zero-order valence-electron chi connectivity index (χ0n) is 10.3. The van der Waals surface area contributed by atoms with Crippen LogP contribution in [0.3, 0.4) is 0 Å². The van der Waals surface area contributed by atoms with Crippen molar-refractivity contribution in [3.8, 4) is 0 Å². The summed E-state index contributed by atoms with van der Waals surface area (Å²) in [5.41, 5.74) is 7.03. The second-order valence-corrected chi connectivity index (χ2v) is 4.52. The molecule has 2 rings (SSSR count). The van der Waals surface area contributed by atoms with E-state index in [1.807, 2.05) is 6.07 Å². The lowest BCUT2D eigenvalue weighted by Crippen LogP contribution is -2.35. The van der Waals surface area contributed by atoms with Crippen LogP contribution < -0.4 is 11.1 Å². The summed E-state index contributed by atoms with van der Waals surface area (Å²) in [6.07, 6.45) is 3.70. The van der Waals surface area contributed by atoms with Crippen molar-refractivity contribution in [3.63, 3.8) is 0 Å². The average Bonchev–Trinajstić information content (AvgIpc) is 2.42. The van der Waals surface area contributed by atoms with Crippen molar-refractivity contribution >= 4 is 34.1 Å². The molecule has 0 aliphatic carbocycles. The largest absolute Gasteiger partial charge is 0.324 e. The van der Waals surface area contributed by atoms with Crippen LogP contribution in [0.25, 0.3) is 10.9 Å². The molecule has 5 heteroatoms. The summed E-state index contributed by atoms with van der Waals surface area (Å²) in [6, 6.07) is 6.47. The van der Waals surface area contributed by atoms with E-state index in [0.29, 0.717) is 22.6 Å². The van der Waals surface area contributed by atoms with E-state index in [0.717, 1.165) is 5.39 Å². The monoisotopic (exact) mass is 275 g/mol. The molecule has 1 aromatic carbocycles. The first-order chi connectivity index (χ1) is 9.13. The standard InChI is InChI=1S/C14H14ClN3O/c1-2-4-11(16)14(19)18-12-7-6-10(15)13-9(12)5-3-8-17-13/h2-3,5-8,11H,1,4,16H2,(H,18,19). The number of benzene rings is 1. The Hall–Kier alpha value is -1.91. The van der Waals surface area contributed by atoms with Gasteiger partial charge in [0, 0.05) is 11.6 Å². The van der Waals surface area contributed by atoms with Gasteiger partial charge in [-0.1, -0.05) is 17.7 Å². The summed E-state index contributed by atoms with van der Waals surface area (Å²) in [7, 11) is 0. The topological polar surface area (TPSA) is 68.0 Å². The van der Waals surface area contributed by atoms with E-state index in [1.54, 1.807) is 30.5 Å². The Morgan fingerprint density at radius 2 is 2.32 bits per heavy atom. The number of hydrogen-bond acceptors (Lipinski definition) is 3. The Morgan fingerprint density at radius 3 is 3.05 bits per heavy atom. The average molecular weight is 276 g/mol. The number of nitrogens with one attached hydrogen (secondary N) is 1. The molecule has 1 atom stereocenters. The lowest BCUT2D eigenvalue weighted by atomic mass is 10.1. The van der Waals surface area contributed by atoms with Crippen molar-refractivity contribution in [2.75, 3.05) is 5.32 Å². The Balaban J connectivity index is 2.33. The maximum absolute atomic E-state index is 11.9. The minimum absolute atomic E-state index is 0.257. The molecule has 0 bridgehead atoms. The van der Waals surface area contributed by atoms with Crippen molar-refractivity contribution < 1.29 is 4.79 Å². The number of amides is 1. The van der Waals surface area contributed by atoms with Crippen molar-refractivity contribution in [1.82, 2.24) is 4.98 Å². The van der Waals surface area contributed by atoms with E-state index in [9.17, 15) is 4.79 Å². The van der Waals surface area contributed by atoms with Gasteiger partial charge in [0.1, 0.15) is 0 Å². The number of pyridine rings is 1. The molecule has 98 valence electrons. The number of nitrogens with zero attached hydrogens (tertiary/aromatic N) is 1. The van der Waals surface area contributed by atoms with Gasteiger partial charge in [0.15, 0.2) is 0 Å². The molecule has 3 N–H and O–H groups in total. The predicted molar refractivity (Wildman–Crippen MR) is 78.2 cm³/mol. The SMILES string of the molecule is C=CCC(N)C(=O)Nc1ccc(Cl)c2ncccc12. The van der Waals surface area contributed by atoms with Crippen molar-refractivity contribution in [2.45, 2.75) is 12.5 Å². The van der Waals surface area contributed by atoms with Crippen LogP contribution in [0, 0.1) is 0 Å². The van der Waals surface area contributed by atoms with Crippen LogP contribution >= 0.6 is 11.6 Å². The van der Waals surface area contributed by atoms with Crippen LogP contribution in [0.1, 0.15) is 6.42 Å². The molecule has 0 spiro atoms. The number of nitrogens with two attached hydrogens (primary N) is 1. The van der Waals surface area contributed by atoms with Gasteiger partial charge >= 0.3 is 0 Å². The van der Waals surface area contributed by atoms with Crippen molar-refractivity contribution in [1.29, 1.82) is 0 Å². The highest BCUT2D eigenvalue weighted by Crippen LogP contribution is 2.28. The minimum Gasteiger partial charge on any atom is -0.324 e.